The molecule has 0 fully saturated rings. The van der Waals surface area contributed by atoms with Gasteiger partial charge in [0, 0.05) is 24.1 Å². The molecule has 0 bridgehead atoms. The summed E-state index contributed by atoms with van der Waals surface area (Å²) in [5.74, 6) is 1.28. The quantitative estimate of drug-likeness (QED) is 0.799. The van der Waals surface area contributed by atoms with Crippen LogP contribution in [0.1, 0.15) is 19.4 Å². The van der Waals surface area contributed by atoms with E-state index in [9.17, 15) is 4.39 Å². The minimum Gasteiger partial charge on any atom is -0.483 e. The number of hydrogen-bond donors (Lipinski definition) is 1. The maximum absolute atomic E-state index is 13.4. The number of nitrogen functional groups attached to an aromatic ring is 1. The van der Waals surface area contributed by atoms with Crippen LogP contribution in [0.2, 0.25) is 0 Å². The minimum absolute atomic E-state index is 0.241. The molecule has 1 aliphatic heterocycles. The first-order valence-electron chi connectivity index (χ1n) is 6.59. The summed E-state index contributed by atoms with van der Waals surface area (Å²) in [6.07, 6.45) is 0.822. The lowest BCUT2D eigenvalue weighted by molar-refractivity contribution is 0.135. The normalized spacial score (nSPS) is 15.4. The summed E-state index contributed by atoms with van der Waals surface area (Å²) in [4.78, 5) is 0. The van der Waals surface area contributed by atoms with E-state index in [1.165, 1.54) is 12.1 Å². The number of rotatable bonds is 2. The molecule has 0 saturated heterocycles. The molecule has 3 rings (SSSR count). The van der Waals surface area contributed by atoms with Gasteiger partial charge in [0.1, 0.15) is 11.4 Å². The molecular formula is C16H15BrFNO2. The number of fused-ring (bicyclic) bond motifs is 1. The van der Waals surface area contributed by atoms with Gasteiger partial charge < -0.3 is 15.2 Å². The van der Waals surface area contributed by atoms with Crippen LogP contribution in [0.5, 0.6) is 17.2 Å². The van der Waals surface area contributed by atoms with Crippen molar-refractivity contribution in [3.05, 3.63) is 46.2 Å². The van der Waals surface area contributed by atoms with Crippen LogP contribution in [0.4, 0.5) is 10.1 Å². The smallest absolute Gasteiger partial charge is 0.169 e. The fourth-order valence-electron chi connectivity index (χ4n) is 2.42. The summed E-state index contributed by atoms with van der Waals surface area (Å²) in [5, 5.41) is 0. The van der Waals surface area contributed by atoms with Gasteiger partial charge in [-0.05, 0) is 35.8 Å². The third kappa shape index (κ3) is 2.70. The van der Waals surface area contributed by atoms with Crippen LogP contribution in [0.15, 0.2) is 34.8 Å². The van der Waals surface area contributed by atoms with E-state index in [0.717, 1.165) is 17.7 Å². The van der Waals surface area contributed by atoms with Crippen molar-refractivity contribution in [1.29, 1.82) is 0 Å². The molecule has 0 aromatic heterocycles. The summed E-state index contributed by atoms with van der Waals surface area (Å²) in [6, 6.07) is 8.49. The molecule has 5 heteroatoms. The van der Waals surface area contributed by atoms with Crippen LogP contribution in [-0.2, 0) is 6.42 Å². The molecule has 2 aromatic carbocycles. The molecule has 0 amide bonds. The average Bonchev–Trinajstić information content (AvgIpc) is 2.71. The summed E-state index contributed by atoms with van der Waals surface area (Å²) < 4.78 is 25.5. The third-order valence-electron chi connectivity index (χ3n) is 3.33. The highest BCUT2D eigenvalue weighted by Gasteiger charge is 2.32. The van der Waals surface area contributed by atoms with Crippen LogP contribution in [-0.4, -0.2) is 5.60 Å². The van der Waals surface area contributed by atoms with Gasteiger partial charge in [-0.25, -0.2) is 4.39 Å². The molecule has 2 aromatic rings. The monoisotopic (exact) mass is 351 g/mol. The second-order valence-corrected chi connectivity index (χ2v) is 6.54. The van der Waals surface area contributed by atoms with Crippen molar-refractivity contribution < 1.29 is 13.9 Å². The zero-order valence-corrected chi connectivity index (χ0v) is 13.3. The molecule has 110 valence electrons. The van der Waals surface area contributed by atoms with Gasteiger partial charge in [0.2, 0.25) is 0 Å². The van der Waals surface area contributed by atoms with Gasteiger partial charge in [0.25, 0.3) is 0 Å². The van der Waals surface area contributed by atoms with E-state index in [1.54, 1.807) is 0 Å². The maximum atomic E-state index is 13.4. The lowest BCUT2D eigenvalue weighted by Gasteiger charge is -2.18. The third-order valence-corrected chi connectivity index (χ3v) is 3.94. The van der Waals surface area contributed by atoms with Gasteiger partial charge in [-0.2, -0.15) is 0 Å². The molecule has 0 aliphatic carbocycles. The van der Waals surface area contributed by atoms with Crippen LogP contribution in [0.25, 0.3) is 0 Å². The van der Waals surface area contributed by atoms with E-state index < -0.39 is 5.82 Å². The van der Waals surface area contributed by atoms with Gasteiger partial charge in [-0.15, -0.1) is 0 Å². The van der Waals surface area contributed by atoms with Gasteiger partial charge in [-0.1, -0.05) is 12.1 Å². The Morgan fingerprint density at radius 1 is 1.29 bits per heavy atom. The Bertz CT molecular complexity index is 716. The van der Waals surface area contributed by atoms with Crippen molar-refractivity contribution >= 4 is 21.6 Å². The van der Waals surface area contributed by atoms with Crippen LogP contribution < -0.4 is 15.2 Å². The lowest BCUT2D eigenvalue weighted by atomic mass is 10.0. The highest BCUT2D eigenvalue weighted by atomic mass is 79.9. The molecule has 1 aliphatic rings. The van der Waals surface area contributed by atoms with Crippen LogP contribution in [0, 0.1) is 5.82 Å². The number of hydrogen-bond acceptors (Lipinski definition) is 3. The summed E-state index contributed by atoms with van der Waals surface area (Å²) in [5.41, 5.74) is 6.89. The van der Waals surface area contributed by atoms with Crippen molar-refractivity contribution in [3.63, 3.8) is 0 Å². The Morgan fingerprint density at radius 2 is 2.05 bits per heavy atom. The topological polar surface area (TPSA) is 44.5 Å². The van der Waals surface area contributed by atoms with Gasteiger partial charge in [-0.3, -0.25) is 0 Å². The fourth-order valence-corrected chi connectivity index (χ4v) is 2.74. The summed E-state index contributed by atoms with van der Waals surface area (Å²) in [6.45, 7) is 4.05. The fraction of sp³-hybridized carbons (Fsp3) is 0.250. The van der Waals surface area contributed by atoms with E-state index in [2.05, 4.69) is 15.9 Å². The van der Waals surface area contributed by atoms with Crippen molar-refractivity contribution in [3.8, 4) is 17.2 Å². The minimum atomic E-state index is -0.421. The lowest BCUT2D eigenvalue weighted by Crippen LogP contribution is -2.24. The second kappa shape index (κ2) is 4.91. The Balaban J connectivity index is 1.98. The van der Waals surface area contributed by atoms with E-state index in [-0.39, 0.29) is 11.3 Å². The van der Waals surface area contributed by atoms with Gasteiger partial charge >= 0.3 is 0 Å². The molecule has 0 radical (unpaired) electrons. The van der Waals surface area contributed by atoms with E-state index >= 15 is 0 Å². The average molecular weight is 352 g/mol. The van der Waals surface area contributed by atoms with E-state index in [4.69, 9.17) is 15.2 Å². The Morgan fingerprint density at radius 3 is 2.81 bits per heavy atom. The molecule has 0 saturated carbocycles. The SMILES string of the molecule is CC1(C)Cc2cccc(Oc3cc(Br)c(F)cc3N)c2O1. The number of para-hydroxylation sites is 1. The summed E-state index contributed by atoms with van der Waals surface area (Å²) in [7, 11) is 0. The predicted molar refractivity (Wildman–Crippen MR) is 83.4 cm³/mol. The van der Waals surface area contributed by atoms with Crippen LogP contribution in [0.3, 0.4) is 0 Å². The number of anilines is 1. The molecule has 21 heavy (non-hydrogen) atoms. The molecule has 2 N–H and O–H groups in total. The summed E-state index contributed by atoms with van der Waals surface area (Å²) >= 11 is 3.13. The number of benzene rings is 2. The molecule has 0 unspecified atom stereocenters. The second-order valence-electron chi connectivity index (χ2n) is 5.69. The van der Waals surface area contributed by atoms with E-state index in [0.29, 0.717) is 16.0 Å². The van der Waals surface area contributed by atoms with Crippen LogP contribution >= 0.6 is 15.9 Å². The van der Waals surface area contributed by atoms with Crippen molar-refractivity contribution in [2.45, 2.75) is 25.9 Å². The zero-order valence-electron chi connectivity index (χ0n) is 11.7. The molecule has 3 nitrogen and oxygen atoms in total. The maximum Gasteiger partial charge on any atom is 0.169 e. The highest BCUT2D eigenvalue weighted by molar-refractivity contribution is 9.10. The van der Waals surface area contributed by atoms with Crippen molar-refractivity contribution in [1.82, 2.24) is 0 Å². The Kier molecular flexibility index (Phi) is 3.32. The van der Waals surface area contributed by atoms with Crippen molar-refractivity contribution in [2.24, 2.45) is 0 Å². The first kappa shape index (κ1) is 14.2. The first-order chi connectivity index (χ1) is 9.85. The zero-order chi connectivity index (χ0) is 15.2. The Labute approximate surface area is 131 Å². The number of halogens is 2. The number of ether oxygens (including phenoxy) is 2. The molecule has 0 atom stereocenters. The van der Waals surface area contributed by atoms with Gasteiger partial charge in [0.15, 0.2) is 17.2 Å². The predicted octanol–water partition coefficient (Wildman–Crippen LogP) is 4.68. The first-order valence-corrected chi connectivity index (χ1v) is 7.38. The molecule has 1 heterocycles. The molecule has 0 spiro atoms. The largest absolute Gasteiger partial charge is 0.483 e. The standard InChI is InChI=1S/C16H15BrFNO2/c1-16(2)8-9-4-3-5-13(15(9)21-16)20-14-6-10(17)11(18)7-12(14)19/h3-7H,8,19H2,1-2H3. The van der Waals surface area contributed by atoms with Crippen molar-refractivity contribution in [2.75, 3.05) is 5.73 Å². The van der Waals surface area contributed by atoms with Gasteiger partial charge in [0.05, 0.1) is 10.2 Å². The highest BCUT2D eigenvalue weighted by Crippen LogP contribution is 2.44. The Hall–Kier alpha value is -1.75. The molecular weight excluding hydrogens is 337 g/mol. The van der Waals surface area contributed by atoms with E-state index in [1.807, 2.05) is 32.0 Å². The number of nitrogens with two attached hydrogens (primary N) is 1.